The van der Waals surface area contributed by atoms with Gasteiger partial charge in [0.25, 0.3) is 0 Å². The van der Waals surface area contributed by atoms with Gasteiger partial charge in [0.1, 0.15) is 5.82 Å². The van der Waals surface area contributed by atoms with Crippen LogP contribution in [0.4, 0.5) is 0 Å². The summed E-state index contributed by atoms with van der Waals surface area (Å²) in [6.45, 7) is 6.62. The number of aromatic nitrogens is 2. The maximum atomic E-state index is 6.10. The fraction of sp³-hybridized carbons (Fsp3) is 0.500. The zero-order valence-corrected chi connectivity index (χ0v) is 11.5. The van der Waals surface area contributed by atoms with Crippen LogP contribution in [0, 0.1) is 5.92 Å². The molecule has 0 aliphatic carbocycles. The molecule has 4 heteroatoms. The number of fused-ring (bicyclic) bond motifs is 1. The molecule has 0 unspecified atom stereocenters. The summed E-state index contributed by atoms with van der Waals surface area (Å²) in [6.07, 6.45) is 1.05. The lowest BCUT2D eigenvalue weighted by molar-refractivity contribution is 0.335. The lowest BCUT2D eigenvalue weighted by Crippen LogP contribution is -2.43. The first-order chi connectivity index (χ1) is 8.65. The molecule has 1 saturated heterocycles. The van der Waals surface area contributed by atoms with E-state index in [-0.39, 0.29) is 0 Å². The number of hydrogen-bond donors (Lipinski definition) is 1. The van der Waals surface area contributed by atoms with E-state index < -0.39 is 0 Å². The Morgan fingerprint density at radius 1 is 1.44 bits per heavy atom. The van der Waals surface area contributed by atoms with Crippen molar-refractivity contribution in [3.05, 3.63) is 29.0 Å². The lowest BCUT2D eigenvalue weighted by atomic mass is 9.99. The summed E-state index contributed by atoms with van der Waals surface area (Å²) in [5, 5.41) is 4.09. The van der Waals surface area contributed by atoms with E-state index in [0.29, 0.717) is 6.04 Å². The molecule has 1 fully saturated rings. The van der Waals surface area contributed by atoms with E-state index in [1.807, 2.05) is 18.2 Å². The molecule has 0 radical (unpaired) electrons. The molecule has 1 aliphatic rings. The second-order valence-electron chi connectivity index (χ2n) is 5.35. The highest BCUT2D eigenvalue weighted by Gasteiger charge is 2.21. The Bertz CT molecular complexity index is 570. The molecular weight excluding hydrogens is 246 g/mol. The number of nitrogens with zero attached hydrogens (tertiary/aromatic N) is 2. The third-order valence-electron chi connectivity index (χ3n) is 3.58. The van der Waals surface area contributed by atoms with E-state index in [1.54, 1.807) is 0 Å². The minimum atomic E-state index is 0.413. The molecule has 1 aromatic carbocycles. The minimum Gasteiger partial charge on any atom is -0.325 e. The van der Waals surface area contributed by atoms with Crippen molar-refractivity contribution in [1.29, 1.82) is 0 Å². The summed E-state index contributed by atoms with van der Waals surface area (Å²) in [5.74, 6) is 1.92. The SMILES string of the molecule is CC(C)n1c(CC2CNC2)nc2ccc(Cl)cc21. The second-order valence-corrected chi connectivity index (χ2v) is 5.79. The molecule has 1 aromatic heterocycles. The number of benzene rings is 1. The van der Waals surface area contributed by atoms with Crippen molar-refractivity contribution in [2.24, 2.45) is 5.92 Å². The molecule has 0 atom stereocenters. The van der Waals surface area contributed by atoms with Crippen LogP contribution in [0.15, 0.2) is 18.2 Å². The van der Waals surface area contributed by atoms with E-state index in [2.05, 4.69) is 23.7 Å². The molecular formula is C14H18ClN3. The quantitative estimate of drug-likeness (QED) is 0.923. The van der Waals surface area contributed by atoms with E-state index in [4.69, 9.17) is 16.6 Å². The van der Waals surface area contributed by atoms with Crippen molar-refractivity contribution in [3.8, 4) is 0 Å². The van der Waals surface area contributed by atoms with Gasteiger partial charge in [-0.3, -0.25) is 0 Å². The summed E-state index contributed by atoms with van der Waals surface area (Å²) in [7, 11) is 0. The highest BCUT2D eigenvalue weighted by Crippen LogP contribution is 2.26. The molecule has 0 bridgehead atoms. The monoisotopic (exact) mass is 263 g/mol. The van der Waals surface area contributed by atoms with Crippen LogP contribution in [0.2, 0.25) is 5.02 Å². The van der Waals surface area contributed by atoms with Crippen molar-refractivity contribution in [2.75, 3.05) is 13.1 Å². The summed E-state index contributed by atoms with van der Waals surface area (Å²) < 4.78 is 2.32. The molecule has 96 valence electrons. The Morgan fingerprint density at radius 3 is 2.83 bits per heavy atom. The first-order valence-corrected chi connectivity index (χ1v) is 6.90. The van der Waals surface area contributed by atoms with Crippen LogP contribution < -0.4 is 5.32 Å². The van der Waals surface area contributed by atoms with Gasteiger partial charge in [-0.2, -0.15) is 0 Å². The third-order valence-corrected chi connectivity index (χ3v) is 3.81. The summed E-state index contributed by atoms with van der Waals surface area (Å²) in [6, 6.07) is 6.36. The Kier molecular flexibility index (Phi) is 3.04. The van der Waals surface area contributed by atoms with E-state index >= 15 is 0 Å². The summed E-state index contributed by atoms with van der Waals surface area (Å²) in [5.41, 5.74) is 2.20. The Labute approximate surface area is 112 Å². The molecule has 2 aromatic rings. The van der Waals surface area contributed by atoms with Gasteiger partial charge in [0, 0.05) is 17.5 Å². The molecule has 18 heavy (non-hydrogen) atoms. The second kappa shape index (κ2) is 4.56. The number of rotatable bonds is 3. The molecule has 0 spiro atoms. The Morgan fingerprint density at radius 2 is 2.22 bits per heavy atom. The van der Waals surface area contributed by atoms with Crippen LogP contribution >= 0.6 is 11.6 Å². The van der Waals surface area contributed by atoms with Crippen molar-refractivity contribution in [3.63, 3.8) is 0 Å². The van der Waals surface area contributed by atoms with Crippen LogP contribution in [0.5, 0.6) is 0 Å². The van der Waals surface area contributed by atoms with Crippen LogP contribution in [0.1, 0.15) is 25.7 Å². The first-order valence-electron chi connectivity index (χ1n) is 6.52. The van der Waals surface area contributed by atoms with Crippen molar-refractivity contribution in [2.45, 2.75) is 26.3 Å². The zero-order valence-electron chi connectivity index (χ0n) is 10.8. The maximum absolute atomic E-state index is 6.10. The number of hydrogen-bond acceptors (Lipinski definition) is 2. The van der Waals surface area contributed by atoms with E-state index in [0.717, 1.165) is 41.5 Å². The van der Waals surface area contributed by atoms with Gasteiger partial charge in [-0.15, -0.1) is 0 Å². The topological polar surface area (TPSA) is 29.9 Å². The summed E-state index contributed by atoms with van der Waals surface area (Å²) >= 11 is 6.10. The van der Waals surface area contributed by atoms with E-state index in [1.165, 1.54) is 5.82 Å². The van der Waals surface area contributed by atoms with Crippen LogP contribution in [0.25, 0.3) is 11.0 Å². The van der Waals surface area contributed by atoms with Gasteiger partial charge in [-0.25, -0.2) is 4.98 Å². The standard InChI is InChI=1S/C14H18ClN3/c1-9(2)18-13-6-11(15)3-4-12(13)17-14(18)5-10-7-16-8-10/h3-4,6,9-10,16H,5,7-8H2,1-2H3. The first kappa shape index (κ1) is 12.0. The molecule has 3 rings (SSSR count). The van der Waals surface area contributed by atoms with Gasteiger partial charge in [-0.1, -0.05) is 11.6 Å². The predicted molar refractivity (Wildman–Crippen MR) is 75.2 cm³/mol. The van der Waals surface area contributed by atoms with E-state index in [9.17, 15) is 0 Å². The number of imidazole rings is 1. The maximum Gasteiger partial charge on any atom is 0.110 e. The fourth-order valence-corrected chi connectivity index (χ4v) is 2.75. The highest BCUT2D eigenvalue weighted by atomic mass is 35.5. The minimum absolute atomic E-state index is 0.413. The fourth-order valence-electron chi connectivity index (χ4n) is 2.59. The average Bonchev–Trinajstić information content (AvgIpc) is 2.60. The van der Waals surface area contributed by atoms with Crippen LogP contribution in [-0.4, -0.2) is 22.6 Å². The van der Waals surface area contributed by atoms with Gasteiger partial charge >= 0.3 is 0 Å². The van der Waals surface area contributed by atoms with Gasteiger partial charge in [0.05, 0.1) is 11.0 Å². The largest absolute Gasteiger partial charge is 0.325 e. The van der Waals surface area contributed by atoms with Crippen molar-refractivity contribution >= 4 is 22.6 Å². The Hall–Kier alpha value is -1.06. The van der Waals surface area contributed by atoms with Gasteiger partial charge in [0.15, 0.2) is 0 Å². The third kappa shape index (κ3) is 2.02. The zero-order chi connectivity index (χ0) is 12.7. The predicted octanol–water partition coefficient (Wildman–Crippen LogP) is 3.03. The number of halogens is 1. The molecule has 1 N–H and O–H groups in total. The van der Waals surface area contributed by atoms with Gasteiger partial charge in [-0.05, 0) is 51.1 Å². The summed E-state index contributed by atoms with van der Waals surface area (Å²) in [4.78, 5) is 4.77. The molecule has 2 heterocycles. The number of nitrogens with one attached hydrogen (secondary N) is 1. The highest BCUT2D eigenvalue weighted by molar-refractivity contribution is 6.31. The van der Waals surface area contributed by atoms with Gasteiger partial charge in [0.2, 0.25) is 0 Å². The van der Waals surface area contributed by atoms with Crippen molar-refractivity contribution < 1.29 is 0 Å². The van der Waals surface area contributed by atoms with Crippen molar-refractivity contribution in [1.82, 2.24) is 14.9 Å². The molecule has 0 saturated carbocycles. The smallest absolute Gasteiger partial charge is 0.110 e. The van der Waals surface area contributed by atoms with Gasteiger partial charge < -0.3 is 9.88 Å². The average molecular weight is 264 g/mol. The Balaban J connectivity index is 2.08. The van der Waals surface area contributed by atoms with Crippen LogP contribution in [0.3, 0.4) is 0 Å². The molecule has 0 amide bonds. The molecule has 1 aliphatic heterocycles. The normalized spacial score (nSPS) is 16.4. The lowest BCUT2D eigenvalue weighted by Gasteiger charge is -2.27. The molecule has 3 nitrogen and oxygen atoms in total. The van der Waals surface area contributed by atoms with Crippen LogP contribution in [-0.2, 0) is 6.42 Å².